The lowest BCUT2D eigenvalue weighted by molar-refractivity contribution is -0.145. The number of carbonyl (C=O) groups excluding carboxylic acids is 5. The average molecular weight is 684 g/mol. The number of aryl methyl sites for hydroxylation is 1. The van der Waals surface area contributed by atoms with E-state index in [4.69, 9.17) is 14.3 Å². The molecular weight excluding hydrogens is 630 g/mol. The zero-order chi connectivity index (χ0) is 36.1. The van der Waals surface area contributed by atoms with E-state index in [1.54, 1.807) is 20.3 Å². The van der Waals surface area contributed by atoms with E-state index in [0.717, 1.165) is 31.2 Å². The molecule has 270 valence electrons. The Morgan fingerprint density at radius 2 is 1.73 bits per heavy atom. The summed E-state index contributed by atoms with van der Waals surface area (Å²) in [4.78, 5) is 74.6. The van der Waals surface area contributed by atoms with Crippen molar-refractivity contribution in [3.05, 3.63) is 23.3 Å². The van der Waals surface area contributed by atoms with Crippen molar-refractivity contribution in [3.8, 4) is 11.5 Å². The van der Waals surface area contributed by atoms with E-state index < -0.39 is 52.6 Å². The second-order valence-electron chi connectivity index (χ2n) is 14.7. The van der Waals surface area contributed by atoms with Gasteiger partial charge in [0.25, 0.3) is 5.91 Å². The van der Waals surface area contributed by atoms with Gasteiger partial charge < -0.3 is 35.2 Å². The minimum atomic E-state index is -1.07. The van der Waals surface area contributed by atoms with Gasteiger partial charge in [-0.1, -0.05) is 52.1 Å². The lowest BCUT2D eigenvalue weighted by Crippen LogP contribution is -2.59. The van der Waals surface area contributed by atoms with Gasteiger partial charge in [0, 0.05) is 37.9 Å². The van der Waals surface area contributed by atoms with Gasteiger partial charge in [0.15, 0.2) is 5.60 Å². The number of benzene rings is 1. The Labute approximate surface area is 289 Å². The average Bonchev–Trinajstić information content (AvgIpc) is 3.82. The van der Waals surface area contributed by atoms with Gasteiger partial charge in [-0.15, -0.1) is 0 Å². The summed E-state index contributed by atoms with van der Waals surface area (Å²) in [6.07, 6.45) is 5.65. The van der Waals surface area contributed by atoms with Gasteiger partial charge in [-0.3, -0.25) is 24.0 Å². The predicted octanol–water partition coefficient (Wildman–Crippen LogP) is 3.19. The highest BCUT2D eigenvalue weighted by Gasteiger charge is 2.56. The molecule has 0 unspecified atom stereocenters. The predicted molar refractivity (Wildman–Crippen MR) is 183 cm³/mol. The number of carbonyl (C=O) groups is 5. The van der Waals surface area contributed by atoms with E-state index in [1.807, 2.05) is 40.7 Å². The first-order valence-corrected chi connectivity index (χ1v) is 17.3. The molecule has 1 saturated carbocycles. The van der Waals surface area contributed by atoms with Crippen LogP contribution in [0.4, 0.5) is 0 Å². The third-order valence-corrected chi connectivity index (χ3v) is 9.88. The molecule has 1 saturated heterocycles. The van der Waals surface area contributed by atoms with Crippen molar-refractivity contribution in [1.29, 1.82) is 0 Å². The number of ketones is 1. The number of hydrogen-bond acceptors (Lipinski definition) is 9. The first kappa shape index (κ1) is 37.7. The number of hydrogen-bond donors (Lipinski definition) is 3. The number of methoxy groups -OCH3 is 2. The van der Waals surface area contributed by atoms with E-state index in [1.165, 1.54) is 11.9 Å². The zero-order valence-electron chi connectivity index (χ0n) is 30.2. The molecule has 4 amide bonds. The molecule has 13 heteroatoms. The lowest BCUT2D eigenvalue weighted by atomic mass is 9.85. The third kappa shape index (κ3) is 8.53. The van der Waals surface area contributed by atoms with E-state index in [0.29, 0.717) is 41.5 Å². The first-order chi connectivity index (χ1) is 23.2. The molecule has 0 bridgehead atoms. The largest absolute Gasteiger partial charge is 0.496 e. The van der Waals surface area contributed by atoms with E-state index in [9.17, 15) is 24.0 Å². The van der Waals surface area contributed by atoms with E-state index >= 15 is 0 Å². The highest BCUT2D eigenvalue weighted by atomic mass is 16.7. The summed E-state index contributed by atoms with van der Waals surface area (Å²) < 4.78 is 11.1. The van der Waals surface area contributed by atoms with Crippen molar-refractivity contribution in [2.45, 2.75) is 116 Å². The summed E-state index contributed by atoms with van der Waals surface area (Å²) in [7, 11) is 4.49. The summed E-state index contributed by atoms with van der Waals surface area (Å²) in [5.41, 5.74) is 0.409. The highest BCUT2D eigenvalue weighted by molar-refractivity contribution is 6.38. The Morgan fingerprint density at radius 3 is 2.33 bits per heavy atom. The molecule has 49 heavy (non-hydrogen) atoms. The van der Waals surface area contributed by atoms with Crippen LogP contribution in [0.5, 0.6) is 11.5 Å². The number of nitrogens with zero attached hydrogens (tertiary/aromatic N) is 2. The molecule has 1 spiro atoms. The van der Waals surface area contributed by atoms with Gasteiger partial charge in [-0.05, 0) is 49.1 Å². The van der Waals surface area contributed by atoms with Crippen LogP contribution in [-0.4, -0.2) is 91.6 Å². The summed E-state index contributed by atoms with van der Waals surface area (Å²) in [5.74, 6) is -1.30. The molecule has 2 fully saturated rings. The molecule has 1 aliphatic carbocycles. The van der Waals surface area contributed by atoms with Crippen molar-refractivity contribution in [1.82, 2.24) is 20.9 Å². The number of nitrogens with one attached hydrogen (secondary N) is 3. The Kier molecular flexibility index (Phi) is 12.0. The van der Waals surface area contributed by atoms with Crippen LogP contribution in [0, 0.1) is 18.3 Å². The Hall–Kier alpha value is -4.16. The van der Waals surface area contributed by atoms with Gasteiger partial charge in [-0.25, -0.2) is 0 Å². The number of amides is 4. The fraction of sp³-hybridized carbons (Fsp3) is 0.667. The van der Waals surface area contributed by atoms with Crippen LogP contribution < -0.4 is 25.4 Å². The van der Waals surface area contributed by atoms with Crippen LogP contribution >= 0.6 is 0 Å². The number of oxime groups is 1. The summed E-state index contributed by atoms with van der Waals surface area (Å²) in [6, 6.07) is 0.611. The van der Waals surface area contributed by atoms with Crippen LogP contribution in [-0.2, 0) is 28.8 Å². The van der Waals surface area contributed by atoms with Crippen LogP contribution in [0.25, 0.3) is 0 Å². The zero-order valence-corrected chi connectivity index (χ0v) is 30.2. The van der Waals surface area contributed by atoms with Crippen LogP contribution in [0.15, 0.2) is 17.3 Å². The molecule has 13 nitrogen and oxygen atoms in total. The minimum absolute atomic E-state index is 0.0152. The van der Waals surface area contributed by atoms with Crippen LogP contribution in [0.1, 0.15) is 96.6 Å². The second kappa shape index (κ2) is 15.6. The number of rotatable bonds is 13. The van der Waals surface area contributed by atoms with Gasteiger partial charge in [-0.2, -0.15) is 0 Å². The Morgan fingerprint density at radius 1 is 1.06 bits per heavy atom. The van der Waals surface area contributed by atoms with Crippen molar-refractivity contribution < 1.29 is 38.3 Å². The third-order valence-electron chi connectivity index (χ3n) is 9.88. The summed E-state index contributed by atoms with van der Waals surface area (Å²) >= 11 is 0. The maximum absolute atomic E-state index is 14.6. The fourth-order valence-corrected chi connectivity index (χ4v) is 7.18. The Bertz CT molecular complexity index is 1460. The smallest absolute Gasteiger partial charge is 0.289 e. The highest BCUT2D eigenvalue weighted by Crippen LogP contribution is 2.42. The van der Waals surface area contributed by atoms with Crippen molar-refractivity contribution in [2.75, 3.05) is 27.8 Å². The number of likely N-dealkylation sites (tertiary alicyclic amines) is 1. The molecule has 3 N–H and O–H groups in total. The van der Waals surface area contributed by atoms with Crippen molar-refractivity contribution in [2.24, 2.45) is 16.5 Å². The van der Waals surface area contributed by atoms with Gasteiger partial charge in [0.05, 0.1) is 32.5 Å². The standard InChI is InChI=1S/C36H53N5O8/c1-9-12-24(30(43)33(45)37-6)38-32(44)26-19-36(18-25(40-49-36)23-15-21(2)27(47-7)17-28(23)48-8)20-41(26)34(46)31(35(3,4)5)39-29(42)16-22-13-10-11-14-22/h15,17,22,24,26,31H,9-14,16,18-20H2,1-8H3,(H,37,45)(H,38,44)(H,39,42)/t24-,26-,31+,36+/m0/s1. The normalized spacial score (nSPS) is 21.8. The van der Waals surface area contributed by atoms with E-state index in [-0.39, 0.29) is 31.7 Å². The summed E-state index contributed by atoms with van der Waals surface area (Å²) in [5, 5.41) is 12.5. The second-order valence-corrected chi connectivity index (χ2v) is 14.7. The topological polar surface area (TPSA) is 165 Å². The SMILES string of the molecule is CCC[C@H](NC(=O)[C@@H]1C[C@]2(CC(c3cc(C)c(OC)cc3OC)=NO2)CN1C(=O)[C@@H](NC(=O)CC1CCCC1)C(C)(C)C)C(=O)C(=O)NC. The van der Waals surface area contributed by atoms with Gasteiger partial charge >= 0.3 is 0 Å². The number of Topliss-reactive ketones (excluding diaryl/α,β-unsaturated/α-hetero) is 1. The minimum Gasteiger partial charge on any atom is -0.496 e. The van der Waals surface area contributed by atoms with Gasteiger partial charge in [0.1, 0.15) is 23.6 Å². The molecule has 1 aromatic carbocycles. The molecule has 0 aromatic heterocycles. The molecule has 0 radical (unpaired) electrons. The first-order valence-electron chi connectivity index (χ1n) is 17.3. The van der Waals surface area contributed by atoms with E-state index in [2.05, 4.69) is 21.1 Å². The molecular formula is C36H53N5O8. The molecule has 4 atom stereocenters. The lowest BCUT2D eigenvalue weighted by Gasteiger charge is -2.36. The number of ether oxygens (including phenoxy) is 2. The van der Waals surface area contributed by atoms with Gasteiger partial charge in [0.2, 0.25) is 23.5 Å². The van der Waals surface area contributed by atoms with Crippen LogP contribution in [0.2, 0.25) is 0 Å². The quantitative estimate of drug-likeness (QED) is 0.267. The molecule has 1 aromatic rings. The molecule has 3 aliphatic rings. The monoisotopic (exact) mass is 683 g/mol. The fourth-order valence-electron chi connectivity index (χ4n) is 7.18. The molecule has 4 rings (SSSR count). The Balaban J connectivity index is 1.65. The maximum atomic E-state index is 14.6. The van der Waals surface area contributed by atoms with Crippen molar-refractivity contribution in [3.63, 3.8) is 0 Å². The maximum Gasteiger partial charge on any atom is 0.289 e. The molecule has 2 heterocycles. The van der Waals surface area contributed by atoms with Crippen molar-refractivity contribution >= 4 is 35.1 Å². The molecule has 2 aliphatic heterocycles. The summed E-state index contributed by atoms with van der Waals surface area (Å²) in [6.45, 7) is 9.39. The number of likely N-dealkylation sites (N-methyl/N-ethyl adjacent to an activating group) is 1. The van der Waals surface area contributed by atoms with Crippen LogP contribution in [0.3, 0.4) is 0 Å².